The molecule has 3 aromatic carbocycles. The fourth-order valence-electron chi connectivity index (χ4n) is 2.83. The van der Waals surface area contributed by atoms with E-state index in [1.807, 2.05) is 48.5 Å². The quantitative estimate of drug-likeness (QED) is 0.480. The lowest BCUT2D eigenvalue weighted by Crippen LogP contribution is -1.95. The third kappa shape index (κ3) is 2.55. The molecule has 0 saturated carbocycles. The average Bonchev–Trinajstić information content (AvgIpc) is 2.62. The lowest BCUT2D eigenvalue weighted by Gasteiger charge is -2.11. The summed E-state index contributed by atoms with van der Waals surface area (Å²) >= 11 is 0. The van der Waals surface area contributed by atoms with Gasteiger partial charge in [0.1, 0.15) is 5.58 Å². The zero-order chi connectivity index (χ0) is 15.6. The summed E-state index contributed by atoms with van der Waals surface area (Å²) in [6, 6.07) is 27.7. The van der Waals surface area contributed by atoms with E-state index in [0.717, 1.165) is 27.6 Å². The van der Waals surface area contributed by atoms with E-state index in [2.05, 4.69) is 30.3 Å². The van der Waals surface area contributed by atoms with E-state index in [9.17, 15) is 4.79 Å². The first-order valence-corrected chi connectivity index (χ1v) is 7.50. The van der Waals surface area contributed by atoms with Crippen LogP contribution in [0.15, 0.2) is 94.1 Å². The number of benzene rings is 3. The Balaban J connectivity index is 2.06. The van der Waals surface area contributed by atoms with Crippen LogP contribution >= 0.6 is 0 Å². The van der Waals surface area contributed by atoms with Gasteiger partial charge in [-0.1, -0.05) is 60.7 Å². The summed E-state index contributed by atoms with van der Waals surface area (Å²) in [5.41, 5.74) is 4.69. The van der Waals surface area contributed by atoms with Crippen molar-refractivity contribution < 1.29 is 4.42 Å². The van der Waals surface area contributed by atoms with Crippen molar-refractivity contribution in [3.05, 3.63) is 95.3 Å². The second kappa shape index (κ2) is 5.58. The minimum Gasteiger partial charge on any atom is -0.423 e. The molecule has 4 aromatic rings. The molecule has 0 saturated heterocycles. The van der Waals surface area contributed by atoms with Gasteiger partial charge in [0.15, 0.2) is 0 Å². The second-order valence-corrected chi connectivity index (χ2v) is 5.42. The van der Waals surface area contributed by atoms with Crippen molar-refractivity contribution in [2.24, 2.45) is 0 Å². The third-order valence-corrected chi connectivity index (χ3v) is 3.93. The molecule has 0 N–H and O–H groups in total. The standard InChI is InChI=1S/C21H14O2/c22-21-12-11-17-13-18(15-7-3-1-4-8-15)19(14-20(17)23-21)16-9-5-2-6-10-16/h1-14H. The van der Waals surface area contributed by atoms with Crippen molar-refractivity contribution in [3.63, 3.8) is 0 Å². The highest BCUT2D eigenvalue weighted by molar-refractivity contribution is 5.93. The fraction of sp³-hybridized carbons (Fsp3) is 0. The third-order valence-electron chi connectivity index (χ3n) is 3.93. The predicted molar refractivity (Wildman–Crippen MR) is 93.4 cm³/mol. The zero-order valence-corrected chi connectivity index (χ0v) is 12.4. The molecule has 2 nitrogen and oxygen atoms in total. The van der Waals surface area contributed by atoms with Crippen molar-refractivity contribution in [2.45, 2.75) is 0 Å². The van der Waals surface area contributed by atoms with Crippen LogP contribution in [0.3, 0.4) is 0 Å². The first-order valence-electron chi connectivity index (χ1n) is 7.50. The fourth-order valence-corrected chi connectivity index (χ4v) is 2.83. The molecular formula is C21H14O2. The molecule has 1 aromatic heterocycles. The van der Waals surface area contributed by atoms with Crippen LogP contribution in [0.2, 0.25) is 0 Å². The normalized spacial score (nSPS) is 10.8. The number of fused-ring (bicyclic) bond motifs is 1. The maximum absolute atomic E-state index is 11.5. The van der Waals surface area contributed by atoms with E-state index in [1.165, 1.54) is 6.07 Å². The highest BCUT2D eigenvalue weighted by atomic mass is 16.4. The largest absolute Gasteiger partial charge is 0.423 e. The Hall–Kier alpha value is -3.13. The van der Waals surface area contributed by atoms with Crippen LogP contribution in [0.4, 0.5) is 0 Å². The van der Waals surface area contributed by atoms with Gasteiger partial charge in [0, 0.05) is 11.5 Å². The second-order valence-electron chi connectivity index (χ2n) is 5.42. The molecule has 0 amide bonds. The Bertz CT molecular complexity index is 1020. The molecule has 0 radical (unpaired) electrons. The lowest BCUT2D eigenvalue weighted by molar-refractivity contribution is 0.561. The van der Waals surface area contributed by atoms with Crippen LogP contribution in [-0.4, -0.2) is 0 Å². The van der Waals surface area contributed by atoms with E-state index in [-0.39, 0.29) is 5.63 Å². The first-order chi connectivity index (χ1) is 11.3. The molecule has 0 fully saturated rings. The maximum atomic E-state index is 11.5. The number of rotatable bonds is 2. The van der Waals surface area contributed by atoms with Gasteiger partial charge in [-0.05, 0) is 40.5 Å². The van der Waals surface area contributed by atoms with Crippen LogP contribution in [-0.2, 0) is 0 Å². The minimum absolute atomic E-state index is 0.330. The molecule has 1 heterocycles. The summed E-state index contributed by atoms with van der Waals surface area (Å²) < 4.78 is 5.36. The lowest BCUT2D eigenvalue weighted by atomic mass is 9.93. The van der Waals surface area contributed by atoms with E-state index in [4.69, 9.17) is 4.42 Å². The van der Waals surface area contributed by atoms with Crippen molar-refractivity contribution in [1.29, 1.82) is 0 Å². The minimum atomic E-state index is -0.330. The van der Waals surface area contributed by atoms with Crippen molar-refractivity contribution in [3.8, 4) is 22.3 Å². The molecular weight excluding hydrogens is 284 g/mol. The van der Waals surface area contributed by atoms with Crippen LogP contribution < -0.4 is 5.63 Å². The molecule has 4 rings (SSSR count). The van der Waals surface area contributed by atoms with E-state index in [1.54, 1.807) is 0 Å². The van der Waals surface area contributed by atoms with Crippen LogP contribution in [0.25, 0.3) is 33.2 Å². The molecule has 0 aliphatic heterocycles. The number of hydrogen-bond donors (Lipinski definition) is 0. The Morgan fingerprint density at radius 3 is 1.78 bits per heavy atom. The zero-order valence-electron chi connectivity index (χ0n) is 12.4. The topological polar surface area (TPSA) is 30.2 Å². The van der Waals surface area contributed by atoms with Crippen molar-refractivity contribution in [2.75, 3.05) is 0 Å². The molecule has 0 unspecified atom stereocenters. The molecule has 2 heteroatoms. The Kier molecular flexibility index (Phi) is 3.28. The van der Waals surface area contributed by atoms with Gasteiger partial charge < -0.3 is 4.42 Å². The Morgan fingerprint density at radius 2 is 1.17 bits per heavy atom. The van der Waals surface area contributed by atoms with E-state index < -0.39 is 0 Å². The summed E-state index contributed by atoms with van der Waals surface area (Å²) in [4.78, 5) is 11.5. The molecule has 23 heavy (non-hydrogen) atoms. The summed E-state index contributed by atoms with van der Waals surface area (Å²) in [5, 5.41) is 0.920. The molecule has 0 atom stereocenters. The van der Waals surface area contributed by atoms with Crippen molar-refractivity contribution in [1.82, 2.24) is 0 Å². The van der Waals surface area contributed by atoms with Gasteiger partial charge in [-0.25, -0.2) is 4.79 Å². The predicted octanol–water partition coefficient (Wildman–Crippen LogP) is 5.13. The summed E-state index contributed by atoms with van der Waals surface area (Å²) in [6.07, 6.45) is 0. The average molecular weight is 298 g/mol. The first kappa shape index (κ1) is 13.5. The van der Waals surface area contributed by atoms with Gasteiger partial charge in [-0.2, -0.15) is 0 Å². The maximum Gasteiger partial charge on any atom is 0.336 e. The number of hydrogen-bond acceptors (Lipinski definition) is 2. The highest BCUT2D eigenvalue weighted by Crippen LogP contribution is 2.35. The monoisotopic (exact) mass is 298 g/mol. The molecule has 0 aliphatic carbocycles. The SMILES string of the molecule is O=c1ccc2cc(-c3ccccc3)c(-c3ccccc3)cc2o1. The summed E-state index contributed by atoms with van der Waals surface area (Å²) in [6.45, 7) is 0. The molecule has 0 aliphatic rings. The molecule has 0 spiro atoms. The van der Waals surface area contributed by atoms with E-state index in [0.29, 0.717) is 5.58 Å². The molecule has 110 valence electrons. The van der Waals surface area contributed by atoms with Crippen LogP contribution in [0, 0.1) is 0 Å². The van der Waals surface area contributed by atoms with Gasteiger partial charge in [0.05, 0.1) is 0 Å². The molecule has 0 bridgehead atoms. The van der Waals surface area contributed by atoms with E-state index >= 15 is 0 Å². The van der Waals surface area contributed by atoms with Gasteiger partial charge in [-0.15, -0.1) is 0 Å². The van der Waals surface area contributed by atoms with Crippen LogP contribution in [0.1, 0.15) is 0 Å². The Morgan fingerprint density at radius 1 is 0.609 bits per heavy atom. The van der Waals surface area contributed by atoms with Gasteiger partial charge >= 0.3 is 5.63 Å². The summed E-state index contributed by atoms with van der Waals surface area (Å²) in [7, 11) is 0. The Labute approximate surface area is 133 Å². The van der Waals surface area contributed by atoms with Gasteiger partial charge in [0.2, 0.25) is 0 Å². The smallest absolute Gasteiger partial charge is 0.336 e. The van der Waals surface area contributed by atoms with Crippen molar-refractivity contribution >= 4 is 11.0 Å². The van der Waals surface area contributed by atoms with Crippen LogP contribution in [0.5, 0.6) is 0 Å². The summed E-state index contributed by atoms with van der Waals surface area (Å²) in [5.74, 6) is 0. The van der Waals surface area contributed by atoms with Gasteiger partial charge in [-0.3, -0.25) is 0 Å². The highest BCUT2D eigenvalue weighted by Gasteiger charge is 2.10. The van der Waals surface area contributed by atoms with Gasteiger partial charge in [0.25, 0.3) is 0 Å².